The number of benzene rings is 4. The molecule has 0 unspecified atom stereocenters. The molecule has 1 nitrogen and oxygen atoms in total. The van der Waals surface area contributed by atoms with Crippen LogP contribution in [0, 0.1) is 17.5 Å². The fourth-order valence-electron chi connectivity index (χ4n) is 4.26. The third-order valence-corrected chi connectivity index (χ3v) is 5.85. The van der Waals surface area contributed by atoms with Crippen LogP contribution in [0.4, 0.5) is 13.2 Å². The van der Waals surface area contributed by atoms with Gasteiger partial charge in [-0.3, -0.25) is 0 Å². The summed E-state index contributed by atoms with van der Waals surface area (Å²) in [4.78, 5) is 0. The van der Waals surface area contributed by atoms with Crippen molar-refractivity contribution in [2.75, 3.05) is 13.7 Å². The zero-order valence-electron chi connectivity index (χ0n) is 18.8. The summed E-state index contributed by atoms with van der Waals surface area (Å²) in [5.41, 5.74) is 5.48. The largest absolute Gasteiger partial charge is 0.384 e. The van der Waals surface area contributed by atoms with Crippen molar-refractivity contribution in [2.24, 2.45) is 0 Å². The standard InChI is InChI=1S/C29H24BF3O/c1-34-20-19-28(21-5-3-2-4-6-21)29(22-7-13-25(31)14-8-22)30(23-9-15-26(32)16-10-23)24-11-17-27(33)18-12-24/h2-18H,19-20H2,1H3/b29-28+. The third kappa shape index (κ3) is 5.49. The lowest BCUT2D eigenvalue weighted by Gasteiger charge is -2.24. The second kappa shape index (κ2) is 11.0. The molecule has 34 heavy (non-hydrogen) atoms. The molecule has 4 aromatic rings. The van der Waals surface area contributed by atoms with Crippen molar-refractivity contribution >= 4 is 28.7 Å². The number of hydrogen-bond donors (Lipinski definition) is 0. The quantitative estimate of drug-likeness (QED) is 0.237. The van der Waals surface area contributed by atoms with Crippen LogP contribution >= 0.6 is 0 Å². The Hall–Kier alpha value is -3.57. The van der Waals surface area contributed by atoms with Crippen molar-refractivity contribution in [2.45, 2.75) is 6.42 Å². The van der Waals surface area contributed by atoms with Gasteiger partial charge in [-0.15, -0.1) is 0 Å². The van der Waals surface area contributed by atoms with Gasteiger partial charge >= 0.3 is 0 Å². The first kappa shape index (κ1) is 23.6. The summed E-state index contributed by atoms with van der Waals surface area (Å²) in [6.45, 7) is 0.132. The van der Waals surface area contributed by atoms with E-state index < -0.39 is 0 Å². The molecule has 0 aliphatic carbocycles. The van der Waals surface area contributed by atoms with E-state index in [1.54, 1.807) is 43.5 Å². The minimum absolute atomic E-state index is 0.332. The molecule has 170 valence electrons. The number of halogens is 3. The van der Waals surface area contributed by atoms with Crippen LogP contribution in [-0.2, 0) is 4.74 Å². The van der Waals surface area contributed by atoms with Crippen LogP contribution < -0.4 is 10.9 Å². The summed E-state index contributed by atoms with van der Waals surface area (Å²) >= 11 is 0. The van der Waals surface area contributed by atoms with Gasteiger partial charge in [-0.25, -0.2) is 13.2 Å². The van der Waals surface area contributed by atoms with Crippen LogP contribution in [0.25, 0.3) is 11.0 Å². The lowest BCUT2D eigenvalue weighted by atomic mass is 9.34. The highest BCUT2D eigenvalue weighted by molar-refractivity contribution is 7.00. The maximum absolute atomic E-state index is 13.9. The number of ether oxygens (including phenoxy) is 1. The molecule has 5 heteroatoms. The number of rotatable bonds is 8. The second-order valence-electron chi connectivity index (χ2n) is 8.04. The minimum Gasteiger partial charge on any atom is -0.384 e. The molecule has 4 rings (SSSR count). The molecule has 0 spiro atoms. The molecule has 0 bridgehead atoms. The van der Waals surface area contributed by atoms with Gasteiger partial charge < -0.3 is 4.74 Å². The van der Waals surface area contributed by atoms with Crippen LogP contribution in [0.5, 0.6) is 0 Å². The van der Waals surface area contributed by atoms with Gasteiger partial charge in [0.05, 0.1) is 6.61 Å². The molecule has 0 atom stereocenters. The van der Waals surface area contributed by atoms with Crippen molar-refractivity contribution in [1.82, 2.24) is 0 Å². The Kier molecular flexibility index (Phi) is 7.66. The first-order valence-electron chi connectivity index (χ1n) is 11.1. The molecule has 0 radical (unpaired) electrons. The molecule has 0 N–H and O–H groups in total. The first-order valence-corrected chi connectivity index (χ1v) is 11.1. The fourth-order valence-corrected chi connectivity index (χ4v) is 4.26. The maximum Gasteiger partial charge on any atom is 0.242 e. The molecule has 0 fully saturated rings. The second-order valence-corrected chi connectivity index (χ2v) is 8.04. The Balaban J connectivity index is 2.05. The van der Waals surface area contributed by atoms with Gasteiger partial charge in [0.1, 0.15) is 17.5 Å². The molecule has 0 amide bonds. The van der Waals surface area contributed by atoms with E-state index in [0.717, 1.165) is 33.1 Å². The summed E-state index contributed by atoms with van der Waals surface area (Å²) in [6, 6.07) is 29.0. The van der Waals surface area contributed by atoms with Crippen molar-refractivity contribution < 1.29 is 17.9 Å². The van der Waals surface area contributed by atoms with Crippen LogP contribution in [0.15, 0.2) is 103 Å². The Bertz CT molecular complexity index is 1190. The van der Waals surface area contributed by atoms with Crippen molar-refractivity contribution in [3.8, 4) is 0 Å². The van der Waals surface area contributed by atoms with Gasteiger partial charge in [-0.1, -0.05) is 83.1 Å². The maximum atomic E-state index is 13.9. The fraction of sp³-hybridized carbons (Fsp3) is 0.103. The Labute approximate surface area is 198 Å². The number of hydrogen-bond acceptors (Lipinski definition) is 1. The minimum atomic E-state index is -0.348. The highest BCUT2D eigenvalue weighted by Crippen LogP contribution is 2.31. The summed E-state index contributed by atoms with van der Waals surface area (Å²) in [6.07, 6.45) is 0.603. The van der Waals surface area contributed by atoms with Gasteiger partial charge in [0.15, 0.2) is 0 Å². The van der Waals surface area contributed by atoms with Crippen LogP contribution in [0.1, 0.15) is 17.5 Å². The summed E-state index contributed by atoms with van der Waals surface area (Å²) < 4.78 is 47.0. The van der Waals surface area contributed by atoms with E-state index in [9.17, 15) is 13.2 Å². The highest BCUT2D eigenvalue weighted by Gasteiger charge is 2.28. The smallest absolute Gasteiger partial charge is 0.242 e. The third-order valence-electron chi connectivity index (χ3n) is 5.85. The van der Waals surface area contributed by atoms with E-state index in [2.05, 4.69) is 0 Å². The summed E-state index contributed by atoms with van der Waals surface area (Å²) in [7, 11) is 1.65. The Morgan fingerprint density at radius 3 is 1.56 bits per heavy atom. The number of methoxy groups -OCH3 is 1. The van der Waals surface area contributed by atoms with Gasteiger partial charge in [0, 0.05) is 7.11 Å². The average molecular weight is 456 g/mol. The molecular formula is C29H24BF3O. The van der Waals surface area contributed by atoms with Crippen molar-refractivity contribution in [3.05, 3.63) is 132 Å². The van der Waals surface area contributed by atoms with E-state index in [4.69, 9.17) is 4.74 Å². The molecule has 0 heterocycles. The summed E-state index contributed by atoms with van der Waals surface area (Å²) in [5, 5.41) is 0. The van der Waals surface area contributed by atoms with E-state index in [1.807, 2.05) is 30.3 Å². The first-order chi connectivity index (χ1) is 16.6. The van der Waals surface area contributed by atoms with Gasteiger partial charge in [-0.2, -0.15) is 0 Å². The Morgan fingerprint density at radius 1 is 0.618 bits per heavy atom. The molecule has 0 saturated carbocycles. The molecule has 4 aromatic carbocycles. The normalized spacial score (nSPS) is 11.8. The van der Waals surface area contributed by atoms with Crippen molar-refractivity contribution in [1.29, 1.82) is 0 Å². The van der Waals surface area contributed by atoms with Crippen LogP contribution in [-0.4, -0.2) is 20.4 Å². The monoisotopic (exact) mass is 456 g/mol. The SMILES string of the molecule is COCC/C(=C(\B(c1ccc(F)cc1)c1ccc(F)cc1)c1ccc(F)cc1)c1ccccc1. The van der Waals surface area contributed by atoms with E-state index >= 15 is 0 Å². The van der Waals surface area contributed by atoms with Gasteiger partial charge in [-0.05, 0) is 59.5 Å². The lowest BCUT2D eigenvalue weighted by molar-refractivity contribution is 0.206. The highest BCUT2D eigenvalue weighted by atomic mass is 19.1. The van der Waals surface area contributed by atoms with E-state index in [-0.39, 0.29) is 24.2 Å². The molecule has 0 saturated heterocycles. The van der Waals surface area contributed by atoms with E-state index in [1.165, 1.54) is 36.4 Å². The molecule has 0 aliphatic heterocycles. The zero-order valence-corrected chi connectivity index (χ0v) is 18.8. The lowest BCUT2D eigenvalue weighted by Crippen LogP contribution is -2.44. The van der Waals surface area contributed by atoms with E-state index in [0.29, 0.717) is 13.0 Å². The van der Waals surface area contributed by atoms with Crippen LogP contribution in [0.3, 0.4) is 0 Å². The zero-order chi connectivity index (χ0) is 23.9. The molecule has 0 aromatic heterocycles. The van der Waals surface area contributed by atoms with Crippen LogP contribution in [0.2, 0.25) is 0 Å². The van der Waals surface area contributed by atoms with Gasteiger partial charge in [0.2, 0.25) is 6.71 Å². The average Bonchev–Trinajstić information content (AvgIpc) is 2.86. The topological polar surface area (TPSA) is 9.23 Å². The predicted molar refractivity (Wildman–Crippen MR) is 134 cm³/mol. The molecule has 0 aliphatic rings. The van der Waals surface area contributed by atoms with Crippen molar-refractivity contribution in [3.63, 3.8) is 0 Å². The van der Waals surface area contributed by atoms with Gasteiger partial charge in [0.25, 0.3) is 0 Å². The summed E-state index contributed by atoms with van der Waals surface area (Å²) in [5.74, 6) is -1.01. The predicted octanol–water partition coefficient (Wildman–Crippen LogP) is 5.90. The molecular weight excluding hydrogens is 432 g/mol. The Morgan fingerprint density at radius 2 is 1.09 bits per heavy atom.